The highest BCUT2D eigenvalue weighted by Crippen LogP contribution is 2.34. The van der Waals surface area contributed by atoms with Crippen LogP contribution < -0.4 is 20.1 Å². The molecular weight excluding hydrogens is 354 g/mol. The number of nitrogens with one attached hydrogen (secondary N) is 2. The first-order chi connectivity index (χ1) is 12.7. The van der Waals surface area contributed by atoms with Gasteiger partial charge in [0.15, 0.2) is 11.5 Å². The van der Waals surface area contributed by atoms with Crippen LogP contribution in [0.1, 0.15) is 10.4 Å². The molecule has 2 heterocycles. The van der Waals surface area contributed by atoms with Crippen molar-refractivity contribution in [2.45, 2.75) is 0 Å². The molecule has 0 atom stereocenters. The van der Waals surface area contributed by atoms with Crippen LogP contribution in [0, 0.1) is 0 Å². The van der Waals surface area contributed by atoms with Gasteiger partial charge in [0.1, 0.15) is 5.82 Å². The number of carbonyl (C=O) groups is 1. The molecule has 2 N–H and O–H groups in total. The third-order valence-electron chi connectivity index (χ3n) is 3.77. The van der Waals surface area contributed by atoms with Crippen LogP contribution in [0.5, 0.6) is 11.5 Å². The number of fused-ring (bicyclic) bond motifs is 1. The molecular formula is C19H14ClN3O3. The van der Waals surface area contributed by atoms with Crippen molar-refractivity contribution in [2.24, 2.45) is 0 Å². The van der Waals surface area contributed by atoms with Crippen LogP contribution in [-0.2, 0) is 0 Å². The van der Waals surface area contributed by atoms with Crippen molar-refractivity contribution >= 4 is 34.7 Å². The summed E-state index contributed by atoms with van der Waals surface area (Å²) >= 11 is 5.83. The quantitative estimate of drug-likeness (QED) is 0.712. The maximum atomic E-state index is 12.2. The molecule has 1 aliphatic heterocycles. The number of amides is 1. The van der Waals surface area contributed by atoms with Crippen LogP contribution in [0.15, 0.2) is 60.8 Å². The Balaban J connectivity index is 1.42. The van der Waals surface area contributed by atoms with Gasteiger partial charge in [0.2, 0.25) is 6.79 Å². The second kappa shape index (κ2) is 6.93. The standard InChI is InChI=1S/C19H14ClN3O3/c20-13-3-1-12(2-4-13)19(24)23-15-6-8-18(21-10-15)22-14-5-7-16-17(9-14)26-11-25-16/h1-10H,11H2,(H,21,22)(H,23,24). The van der Waals surface area contributed by atoms with Gasteiger partial charge >= 0.3 is 0 Å². The average molecular weight is 368 g/mol. The van der Waals surface area contributed by atoms with Crippen molar-refractivity contribution in [1.82, 2.24) is 4.98 Å². The summed E-state index contributed by atoms with van der Waals surface area (Å²) in [6, 6.07) is 15.8. The van der Waals surface area contributed by atoms with Gasteiger partial charge in [0.05, 0.1) is 11.9 Å². The van der Waals surface area contributed by atoms with E-state index in [0.717, 1.165) is 11.4 Å². The molecule has 2 aromatic carbocycles. The highest BCUT2D eigenvalue weighted by Gasteiger charge is 2.13. The molecule has 0 saturated carbocycles. The lowest BCUT2D eigenvalue weighted by molar-refractivity contribution is 0.102. The molecule has 0 aliphatic carbocycles. The van der Waals surface area contributed by atoms with Crippen LogP contribution in [0.25, 0.3) is 0 Å². The Morgan fingerprint density at radius 2 is 1.73 bits per heavy atom. The van der Waals surface area contributed by atoms with Gasteiger partial charge in [0.25, 0.3) is 5.91 Å². The third kappa shape index (κ3) is 3.55. The zero-order chi connectivity index (χ0) is 17.9. The van der Waals surface area contributed by atoms with Gasteiger partial charge in [0, 0.05) is 22.3 Å². The van der Waals surface area contributed by atoms with E-state index >= 15 is 0 Å². The van der Waals surface area contributed by atoms with Gasteiger partial charge in [-0.15, -0.1) is 0 Å². The highest BCUT2D eigenvalue weighted by atomic mass is 35.5. The Morgan fingerprint density at radius 1 is 0.962 bits per heavy atom. The van der Waals surface area contributed by atoms with Crippen molar-refractivity contribution in [3.8, 4) is 11.5 Å². The second-order valence-corrected chi connectivity index (χ2v) is 6.02. The van der Waals surface area contributed by atoms with E-state index in [1.54, 1.807) is 42.6 Å². The number of halogens is 1. The molecule has 1 aliphatic rings. The molecule has 1 aromatic heterocycles. The van der Waals surface area contributed by atoms with E-state index < -0.39 is 0 Å². The van der Waals surface area contributed by atoms with Crippen molar-refractivity contribution in [3.63, 3.8) is 0 Å². The largest absolute Gasteiger partial charge is 0.454 e. The summed E-state index contributed by atoms with van der Waals surface area (Å²) in [5.74, 6) is 1.85. The summed E-state index contributed by atoms with van der Waals surface area (Å²) in [6.45, 7) is 0.235. The van der Waals surface area contributed by atoms with Crippen LogP contribution in [0.3, 0.4) is 0 Å². The minimum absolute atomic E-state index is 0.222. The zero-order valence-corrected chi connectivity index (χ0v) is 14.3. The number of rotatable bonds is 4. The highest BCUT2D eigenvalue weighted by molar-refractivity contribution is 6.30. The fourth-order valence-corrected chi connectivity index (χ4v) is 2.59. The zero-order valence-electron chi connectivity index (χ0n) is 13.5. The summed E-state index contributed by atoms with van der Waals surface area (Å²) in [6.07, 6.45) is 1.59. The molecule has 130 valence electrons. The molecule has 1 amide bonds. The van der Waals surface area contributed by atoms with Crippen molar-refractivity contribution < 1.29 is 14.3 Å². The van der Waals surface area contributed by atoms with Gasteiger partial charge in [-0.2, -0.15) is 0 Å². The van der Waals surface area contributed by atoms with E-state index in [0.29, 0.717) is 27.8 Å². The van der Waals surface area contributed by atoms with Gasteiger partial charge < -0.3 is 20.1 Å². The first kappa shape index (κ1) is 16.2. The molecule has 7 heteroatoms. The molecule has 0 radical (unpaired) electrons. The smallest absolute Gasteiger partial charge is 0.255 e. The Hall–Kier alpha value is -3.25. The second-order valence-electron chi connectivity index (χ2n) is 5.59. The SMILES string of the molecule is O=C(Nc1ccc(Nc2ccc3c(c2)OCO3)nc1)c1ccc(Cl)cc1. The Labute approximate surface area is 154 Å². The molecule has 26 heavy (non-hydrogen) atoms. The number of pyridine rings is 1. The number of carbonyl (C=O) groups excluding carboxylic acids is 1. The number of ether oxygens (including phenoxy) is 2. The van der Waals surface area contributed by atoms with Gasteiger partial charge in [-0.25, -0.2) is 4.98 Å². The number of hydrogen-bond donors (Lipinski definition) is 2. The van der Waals surface area contributed by atoms with E-state index in [4.69, 9.17) is 21.1 Å². The average Bonchev–Trinajstić information content (AvgIpc) is 3.12. The molecule has 0 saturated heterocycles. The van der Waals surface area contributed by atoms with E-state index in [9.17, 15) is 4.79 Å². The molecule has 0 spiro atoms. The van der Waals surface area contributed by atoms with E-state index in [-0.39, 0.29) is 12.7 Å². The number of nitrogens with zero attached hydrogens (tertiary/aromatic N) is 1. The summed E-state index contributed by atoms with van der Waals surface area (Å²) in [4.78, 5) is 16.5. The van der Waals surface area contributed by atoms with Crippen LogP contribution >= 0.6 is 11.6 Å². The molecule has 4 rings (SSSR count). The van der Waals surface area contributed by atoms with Crippen molar-refractivity contribution in [2.75, 3.05) is 17.4 Å². The van der Waals surface area contributed by atoms with E-state index in [2.05, 4.69) is 15.6 Å². The van der Waals surface area contributed by atoms with Crippen molar-refractivity contribution in [3.05, 3.63) is 71.4 Å². The summed E-state index contributed by atoms with van der Waals surface area (Å²) in [5.41, 5.74) is 1.96. The molecule has 3 aromatic rings. The molecule has 0 bridgehead atoms. The Morgan fingerprint density at radius 3 is 2.50 bits per heavy atom. The molecule has 0 unspecified atom stereocenters. The van der Waals surface area contributed by atoms with E-state index in [1.165, 1.54) is 0 Å². The van der Waals surface area contributed by atoms with Crippen LogP contribution in [0.2, 0.25) is 5.02 Å². The maximum Gasteiger partial charge on any atom is 0.255 e. The number of benzene rings is 2. The number of aromatic nitrogens is 1. The van der Waals surface area contributed by atoms with E-state index in [1.807, 2.05) is 18.2 Å². The lowest BCUT2D eigenvalue weighted by atomic mass is 10.2. The van der Waals surface area contributed by atoms with Crippen molar-refractivity contribution in [1.29, 1.82) is 0 Å². The lowest BCUT2D eigenvalue weighted by Gasteiger charge is -2.08. The first-order valence-corrected chi connectivity index (χ1v) is 8.25. The maximum absolute atomic E-state index is 12.2. The predicted molar refractivity (Wildman–Crippen MR) is 99.5 cm³/mol. The third-order valence-corrected chi connectivity index (χ3v) is 4.02. The topological polar surface area (TPSA) is 72.5 Å². The van der Waals surface area contributed by atoms with Gasteiger partial charge in [-0.3, -0.25) is 4.79 Å². The summed E-state index contributed by atoms with van der Waals surface area (Å²) < 4.78 is 10.6. The summed E-state index contributed by atoms with van der Waals surface area (Å²) in [5, 5.41) is 6.56. The predicted octanol–water partition coefficient (Wildman–Crippen LogP) is 4.46. The number of hydrogen-bond acceptors (Lipinski definition) is 5. The first-order valence-electron chi connectivity index (χ1n) is 7.87. The fourth-order valence-electron chi connectivity index (χ4n) is 2.47. The monoisotopic (exact) mass is 367 g/mol. The fraction of sp³-hybridized carbons (Fsp3) is 0.0526. The molecule has 0 fully saturated rings. The Kier molecular flexibility index (Phi) is 4.33. The number of anilines is 3. The summed E-state index contributed by atoms with van der Waals surface area (Å²) in [7, 11) is 0. The van der Waals surface area contributed by atoms with Crippen LogP contribution in [0.4, 0.5) is 17.2 Å². The Bertz CT molecular complexity index is 943. The van der Waals surface area contributed by atoms with Gasteiger partial charge in [-0.1, -0.05) is 11.6 Å². The normalized spacial score (nSPS) is 11.9. The lowest BCUT2D eigenvalue weighted by Crippen LogP contribution is -2.11. The van der Waals surface area contributed by atoms with Gasteiger partial charge in [-0.05, 0) is 48.5 Å². The van der Waals surface area contributed by atoms with Crippen LogP contribution in [-0.4, -0.2) is 17.7 Å². The minimum atomic E-state index is -0.222. The minimum Gasteiger partial charge on any atom is -0.454 e. The molecule has 6 nitrogen and oxygen atoms in total.